The van der Waals surface area contributed by atoms with E-state index in [0.29, 0.717) is 57.0 Å². The quantitative estimate of drug-likeness (QED) is 0.0621. The molecule has 0 unspecified atom stereocenters. The zero-order valence-electron chi connectivity index (χ0n) is 43.1. The molecule has 8 aromatic rings. The lowest BCUT2D eigenvalue weighted by Gasteiger charge is -2.35. The maximum absolute atomic E-state index is 15.4. The van der Waals surface area contributed by atoms with Crippen molar-refractivity contribution >= 4 is 92.0 Å². The summed E-state index contributed by atoms with van der Waals surface area (Å²) in [6.45, 7) is 4.92. The summed E-state index contributed by atoms with van der Waals surface area (Å²) in [5, 5.41) is 0.772. The Morgan fingerprint density at radius 3 is 1.00 bits per heavy atom. The van der Waals surface area contributed by atoms with Crippen LogP contribution in [0.3, 0.4) is 0 Å². The molecule has 380 valence electrons. The summed E-state index contributed by atoms with van der Waals surface area (Å²) in [5.74, 6) is -1.60. The number of para-hydroxylation sites is 4. The molecular weight excluding hydrogens is 977 g/mol. The summed E-state index contributed by atoms with van der Waals surface area (Å²) in [4.78, 5) is 73.3. The number of hydrogen-bond acceptors (Lipinski definition) is 8. The van der Waals surface area contributed by atoms with Crippen molar-refractivity contribution in [2.45, 2.75) is 110 Å². The van der Waals surface area contributed by atoms with Crippen LogP contribution in [0.25, 0.3) is 33.0 Å². The number of rotatable bonds is 18. The average Bonchev–Trinajstić information content (AvgIpc) is 3.46. The Kier molecular flexibility index (Phi) is 13.9. The molecule has 76 heavy (non-hydrogen) atoms. The van der Waals surface area contributed by atoms with Gasteiger partial charge in [0.25, 0.3) is 23.6 Å². The zero-order valence-corrected chi connectivity index (χ0v) is 44.8. The second kappa shape index (κ2) is 21.3. The summed E-state index contributed by atoms with van der Waals surface area (Å²) >= 11 is 3.51. The number of unbranched alkanes of at least 4 members (excludes halogenated alkanes) is 10. The lowest BCUT2D eigenvalue weighted by Crippen LogP contribution is -2.44. The standard InChI is InChI=1S/C66H60N4O4S2/c1-3-5-7-9-11-21-39-67-63(71)49-41-48(44-33-37-46(38-34-44)70-53-25-15-19-29-57(53)76-58-30-20-16-26-54(58)70)62-60-50(64(72)68(66(62)74)40-22-12-10-8-6-4-2)42-47(61(59(49)60)65(67)73)43-31-35-45(36-32-43)69-51-23-13-17-27-55(51)75-56-28-18-14-24-52(56)69/h13-20,23-38,41-42H,3-12,21-22,39-40H2,1-2H3. The Bertz CT molecular complexity index is 3270. The first-order valence-electron chi connectivity index (χ1n) is 27.3. The third-order valence-corrected chi connectivity index (χ3v) is 17.7. The van der Waals surface area contributed by atoms with Gasteiger partial charge in [0.1, 0.15) is 0 Å². The van der Waals surface area contributed by atoms with Crippen LogP contribution in [0.15, 0.2) is 177 Å². The van der Waals surface area contributed by atoms with Gasteiger partial charge in [-0.15, -0.1) is 0 Å². The van der Waals surface area contributed by atoms with Crippen LogP contribution >= 0.6 is 23.5 Å². The smallest absolute Gasteiger partial charge is 0.262 e. The van der Waals surface area contributed by atoms with Gasteiger partial charge in [0.15, 0.2) is 0 Å². The molecule has 0 aromatic heterocycles. The molecule has 4 amide bonds. The van der Waals surface area contributed by atoms with Gasteiger partial charge >= 0.3 is 0 Å². The highest BCUT2D eigenvalue weighted by molar-refractivity contribution is 8.00. The molecule has 8 aromatic carbocycles. The van der Waals surface area contributed by atoms with Crippen LogP contribution in [0.1, 0.15) is 132 Å². The van der Waals surface area contributed by atoms with Gasteiger partial charge in [0, 0.05) is 65.9 Å². The van der Waals surface area contributed by atoms with Crippen LogP contribution in [0.4, 0.5) is 34.1 Å². The fourth-order valence-corrected chi connectivity index (χ4v) is 13.8. The Hall–Kier alpha value is -7.40. The highest BCUT2D eigenvalue weighted by Crippen LogP contribution is 2.54. The molecule has 0 spiro atoms. The summed E-state index contributed by atoms with van der Waals surface area (Å²) in [7, 11) is 0. The van der Waals surface area contributed by atoms with E-state index in [1.807, 2.05) is 36.4 Å². The molecule has 0 atom stereocenters. The first-order chi connectivity index (χ1) is 37.3. The Morgan fingerprint density at radius 2 is 0.658 bits per heavy atom. The predicted octanol–water partition coefficient (Wildman–Crippen LogP) is 18.0. The summed E-state index contributed by atoms with van der Waals surface area (Å²) in [6.07, 6.45) is 12.0. The monoisotopic (exact) mass is 1040 g/mol. The Balaban J connectivity index is 1.02. The van der Waals surface area contributed by atoms with Crippen LogP contribution < -0.4 is 9.80 Å². The molecule has 4 heterocycles. The van der Waals surface area contributed by atoms with Crippen LogP contribution in [-0.2, 0) is 0 Å². The number of benzene rings is 8. The van der Waals surface area contributed by atoms with Crippen molar-refractivity contribution in [1.29, 1.82) is 0 Å². The van der Waals surface area contributed by atoms with Crippen molar-refractivity contribution in [3.05, 3.63) is 180 Å². The van der Waals surface area contributed by atoms with E-state index in [1.54, 1.807) is 23.5 Å². The highest BCUT2D eigenvalue weighted by Gasteiger charge is 2.43. The van der Waals surface area contributed by atoms with Gasteiger partial charge in [-0.05, 0) is 120 Å². The fraction of sp³-hybridized carbons (Fsp3) is 0.242. The van der Waals surface area contributed by atoms with Crippen molar-refractivity contribution in [1.82, 2.24) is 9.80 Å². The topological polar surface area (TPSA) is 81.2 Å². The predicted molar refractivity (Wildman–Crippen MR) is 310 cm³/mol. The van der Waals surface area contributed by atoms with E-state index < -0.39 is 23.6 Å². The SMILES string of the molecule is CCCCCCCCN1C(=O)c2cc(-c3ccc(N4c5ccccc5Sc5ccccc54)cc3)c3c4c(cc(-c5ccc(N6c7ccccc7Sc7ccccc76)cc5)c(c24)C1=O)C(=O)N(CCCCCCCC)C3=O. The maximum Gasteiger partial charge on any atom is 0.262 e. The molecule has 0 N–H and O–H groups in total. The summed E-state index contributed by atoms with van der Waals surface area (Å²) < 4.78 is 0. The van der Waals surface area contributed by atoms with Gasteiger partial charge in [-0.3, -0.25) is 29.0 Å². The average molecular weight is 1040 g/mol. The van der Waals surface area contributed by atoms with E-state index in [1.165, 1.54) is 9.80 Å². The third-order valence-electron chi connectivity index (χ3n) is 15.5. The van der Waals surface area contributed by atoms with Crippen molar-refractivity contribution < 1.29 is 19.2 Å². The number of amides is 4. The van der Waals surface area contributed by atoms with Crippen LogP contribution in [0.5, 0.6) is 0 Å². The Labute approximate surface area is 454 Å². The van der Waals surface area contributed by atoms with E-state index in [2.05, 4.69) is 145 Å². The van der Waals surface area contributed by atoms with Crippen LogP contribution in [0, 0.1) is 0 Å². The first-order valence-corrected chi connectivity index (χ1v) is 28.9. The lowest BCUT2D eigenvalue weighted by molar-refractivity contribution is 0.0587. The van der Waals surface area contributed by atoms with Crippen molar-refractivity contribution in [3.8, 4) is 22.3 Å². The number of imide groups is 2. The minimum absolute atomic E-state index is 0.267. The number of carbonyl (C=O) groups excluding carboxylic acids is 4. The fourth-order valence-electron chi connectivity index (χ4n) is 11.7. The minimum Gasteiger partial charge on any atom is -0.308 e. The molecule has 0 radical (unpaired) electrons. The van der Waals surface area contributed by atoms with Crippen LogP contribution in [-0.4, -0.2) is 46.5 Å². The molecule has 4 aliphatic rings. The molecular formula is C66H60N4O4S2. The lowest BCUT2D eigenvalue weighted by atomic mass is 9.79. The molecule has 12 rings (SSSR count). The van der Waals surface area contributed by atoms with E-state index in [-0.39, 0.29) is 13.1 Å². The van der Waals surface area contributed by atoms with Crippen molar-refractivity contribution in [3.63, 3.8) is 0 Å². The number of fused-ring (bicyclic) bond motifs is 4. The van der Waals surface area contributed by atoms with E-state index in [4.69, 9.17) is 0 Å². The van der Waals surface area contributed by atoms with Gasteiger partial charge in [-0.25, -0.2) is 0 Å². The molecule has 0 fully saturated rings. The molecule has 0 saturated heterocycles. The summed E-state index contributed by atoms with van der Waals surface area (Å²) in [6, 6.07) is 53.7. The number of anilines is 6. The molecule has 8 nitrogen and oxygen atoms in total. The van der Waals surface area contributed by atoms with E-state index >= 15 is 19.2 Å². The highest BCUT2D eigenvalue weighted by atomic mass is 32.2. The molecule has 10 heteroatoms. The third kappa shape index (κ3) is 8.79. The number of hydrogen-bond donors (Lipinski definition) is 0. The van der Waals surface area contributed by atoms with Gasteiger partial charge in [0.2, 0.25) is 0 Å². The van der Waals surface area contributed by atoms with Gasteiger partial charge in [-0.1, -0.05) is 174 Å². The molecule has 0 bridgehead atoms. The largest absolute Gasteiger partial charge is 0.308 e. The number of carbonyl (C=O) groups is 4. The maximum atomic E-state index is 15.4. The second-order valence-corrected chi connectivity index (χ2v) is 22.5. The first kappa shape index (κ1) is 49.5. The minimum atomic E-state index is -0.400. The molecule has 4 aliphatic heterocycles. The van der Waals surface area contributed by atoms with Gasteiger partial charge in [-0.2, -0.15) is 0 Å². The van der Waals surface area contributed by atoms with E-state index in [0.717, 1.165) is 129 Å². The molecule has 0 saturated carbocycles. The zero-order chi connectivity index (χ0) is 51.9. The number of nitrogens with zero attached hydrogens (tertiary/aromatic N) is 4. The van der Waals surface area contributed by atoms with Gasteiger partial charge in [0.05, 0.1) is 33.9 Å². The van der Waals surface area contributed by atoms with Crippen LogP contribution in [0.2, 0.25) is 0 Å². The Morgan fingerprint density at radius 1 is 0.342 bits per heavy atom. The van der Waals surface area contributed by atoms with Crippen molar-refractivity contribution in [2.24, 2.45) is 0 Å². The second-order valence-electron chi connectivity index (χ2n) is 20.3. The summed E-state index contributed by atoms with van der Waals surface area (Å²) in [5.41, 5.74) is 10.2. The van der Waals surface area contributed by atoms with E-state index in [9.17, 15) is 0 Å². The van der Waals surface area contributed by atoms with Crippen molar-refractivity contribution in [2.75, 3.05) is 22.9 Å². The molecule has 0 aliphatic carbocycles. The van der Waals surface area contributed by atoms with Gasteiger partial charge < -0.3 is 9.80 Å². The normalized spacial score (nSPS) is 14.3.